The van der Waals surface area contributed by atoms with Crippen molar-refractivity contribution in [2.45, 2.75) is 6.54 Å². The predicted octanol–water partition coefficient (Wildman–Crippen LogP) is 2.66. The van der Waals surface area contributed by atoms with E-state index >= 15 is 0 Å². The molecule has 0 fully saturated rings. The third-order valence-electron chi connectivity index (χ3n) is 2.76. The second-order valence-electron chi connectivity index (χ2n) is 4.28. The number of hydrogen-bond acceptors (Lipinski definition) is 3. The van der Waals surface area contributed by atoms with Crippen molar-refractivity contribution in [3.63, 3.8) is 0 Å². The molecule has 1 aromatic carbocycles. The van der Waals surface area contributed by atoms with E-state index in [2.05, 4.69) is 4.98 Å². The quantitative estimate of drug-likeness (QED) is 0.665. The zero-order valence-electron chi connectivity index (χ0n) is 10.6. The molecule has 0 saturated heterocycles. The third kappa shape index (κ3) is 3.23. The van der Waals surface area contributed by atoms with E-state index in [-0.39, 0.29) is 5.84 Å². The van der Waals surface area contributed by atoms with Crippen LogP contribution >= 0.6 is 11.6 Å². The topological polar surface area (TPSA) is 66.0 Å². The van der Waals surface area contributed by atoms with Gasteiger partial charge in [-0.2, -0.15) is 0 Å². The first kappa shape index (κ1) is 13.4. The fourth-order valence-electron chi connectivity index (χ4n) is 1.84. The van der Waals surface area contributed by atoms with Crippen LogP contribution < -0.4 is 10.6 Å². The molecule has 5 heteroatoms. The van der Waals surface area contributed by atoms with Crippen LogP contribution in [0.5, 0.6) is 0 Å². The molecule has 0 atom stereocenters. The maximum absolute atomic E-state index is 7.44. The van der Waals surface area contributed by atoms with Crippen LogP contribution in [-0.4, -0.2) is 17.9 Å². The summed E-state index contributed by atoms with van der Waals surface area (Å²) in [5, 5.41) is 8.06. The fraction of sp³-hybridized carbons (Fsp3) is 0.143. The van der Waals surface area contributed by atoms with Gasteiger partial charge >= 0.3 is 0 Å². The zero-order valence-corrected chi connectivity index (χ0v) is 11.4. The molecule has 2 rings (SSSR count). The van der Waals surface area contributed by atoms with Crippen molar-refractivity contribution in [3.05, 3.63) is 58.7 Å². The molecule has 4 nitrogen and oxygen atoms in total. The van der Waals surface area contributed by atoms with Gasteiger partial charge in [0, 0.05) is 25.4 Å². The van der Waals surface area contributed by atoms with Gasteiger partial charge in [0.05, 0.1) is 5.02 Å². The molecule has 2 aromatic rings. The van der Waals surface area contributed by atoms with Crippen molar-refractivity contribution >= 4 is 23.3 Å². The number of nitrogens with one attached hydrogen (secondary N) is 1. The summed E-state index contributed by atoms with van der Waals surface area (Å²) in [6.45, 7) is 0.651. The predicted molar refractivity (Wildman–Crippen MR) is 78.8 cm³/mol. The van der Waals surface area contributed by atoms with Crippen LogP contribution in [0.4, 0.5) is 5.82 Å². The maximum Gasteiger partial charge on any atom is 0.147 e. The van der Waals surface area contributed by atoms with E-state index < -0.39 is 0 Å². The Kier molecular flexibility index (Phi) is 4.02. The molecular formula is C14H15ClN4. The Morgan fingerprint density at radius 2 is 2.16 bits per heavy atom. The number of rotatable bonds is 4. The molecule has 98 valence electrons. The van der Waals surface area contributed by atoms with Crippen molar-refractivity contribution < 1.29 is 0 Å². The van der Waals surface area contributed by atoms with Gasteiger partial charge in [-0.05, 0) is 23.8 Å². The van der Waals surface area contributed by atoms with Crippen LogP contribution in [0, 0.1) is 5.41 Å². The SMILES string of the molecule is CN(Cc1cccc(C(=N)N)c1)c1ncccc1Cl. The molecule has 1 aromatic heterocycles. The first-order valence-corrected chi connectivity index (χ1v) is 6.20. The van der Waals surface area contributed by atoms with Crippen LogP contribution in [-0.2, 0) is 6.54 Å². The second-order valence-corrected chi connectivity index (χ2v) is 4.69. The molecule has 0 spiro atoms. The van der Waals surface area contributed by atoms with Crippen molar-refractivity contribution in [1.82, 2.24) is 4.98 Å². The molecular weight excluding hydrogens is 260 g/mol. The normalized spacial score (nSPS) is 10.2. The lowest BCUT2D eigenvalue weighted by Gasteiger charge is -2.19. The Morgan fingerprint density at radius 1 is 1.37 bits per heavy atom. The Morgan fingerprint density at radius 3 is 2.84 bits per heavy atom. The van der Waals surface area contributed by atoms with E-state index in [1.54, 1.807) is 12.3 Å². The molecule has 0 aliphatic rings. The lowest BCUT2D eigenvalue weighted by molar-refractivity contribution is 0.898. The number of halogens is 1. The third-order valence-corrected chi connectivity index (χ3v) is 3.05. The van der Waals surface area contributed by atoms with Gasteiger partial charge in [0.2, 0.25) is 0 Å². The lowest BCUT2D eigenvalue weighted by atomic mass is 10.1. The average Bonchev–Trinajstić information content (AvgIpc) is 2.39. The minimum absolute atomic E-state index is 0.0698. The summed E-state index contributed by atoms with van der Waals surface area (Å²) in [5.74, 6) is 0.803. The Bertz CT molecular complexity index is 598. The lowest BCUT2D eigenvalue weighted by Crippen LogP contribution is -2.18. The molecule has 0 amide bonds. The highest BCUT2D eigenvalue weighted by Crippen LogP contribution is 2.22. The van der Waals surface area contributed by atoms with Crippen LogP contribution in [0.2, 0.25) is 5.02 Å². The summed E-state index contributed by atoms with van der Waals surface area (Å²) in [6.07, 6.45) is 1.71. The van der Waals surface area contributed by atoms with E-state index in [9.17, 15) is 0 Å². The number of nitrogens with two attached hydrogens (primary N) is 1. The minimum atomic E-state index is 0.0698. The van der Waals surface area contributed by atoms with Crippen molar-refractivity contribution in [3.8, 4) is 0 Å². The molecule has 0 unspecified atom stereocenters. The number of amidine groups is 1. The second kappa shape index (κ2) is 5.71. The van der Waals surface area contributed by atoms with E-state index in [1.165, 1.54) is 0 Å². The van der Waals surface area contributed by atoms with Crippen LogP contribution in [0.3, 0.4) is 0 Å². The van der Waals surface area contributed by atoms with Gasteiger partial charge in [-0.3, -0.25) is 5.41 Å². The molecule has 0 radical (unpaired) electrons. The van der Waals surface area contributed by atoms with Gasteiger partial charge in [0.15, 0.2) is 0 Å². The monoisotopic (exact) mass is 274 g/mol. The minimum Gasteiger partial charge on any atom is -0.384 e. The first-order chi connectivity index (χ1) is 9.08. The highest BCUT2D eigenvalue weighted by molar-refractivity contribution is 6.32. The summed E-state index contributed by atoms with van der Waals surface area (Å²) in [6, 6.07) is 11.2. The Balaban J connectivity index is 2.19. The fourth-order valence-corrected chi connectivity index (χ4v) is 2.11. The molecule has 0 aliphatic heterocycles. The van der Waals surface area contributed by atoms with E-state index in [0.717, 1.165) is 16.9 Å². The molecule has 3 N–H and O–H groups in total. The van der Waals surface area contributed by atoms with Gasteiger partial charge in [-0.25, -0.2) is 4.98 Å². The number of anilines is 1. The molecule has 0 bridgehead atoms. The molecule has 19 heavy (non-hydrogen) atoms. The van der Waals surface area contributed by atoms with Crippen LogP contribution in [0.15, 0.2) is 42.6 Å². The van der Waals surface area contributed by atoms with Gasteiger partial charge in [-0.15, -0.1) is 0 Å². The number of benzene rings is 1. The van der Waals surface area contributed by atoms with Crippen molar-refractivity contribution in [1.29, 1.82) is 5.41 Å². The molecule has 0 saturated carbocycles. The van der Waals surface area contributed by atoms with E-state index in [4.69, 9.17) is 22.7 Å². The summed E-state index contributed by atoms with van der Waals surface area (Å²) < 4.78 is 0. The Hall–Kier alpha value is -2.07. The maximum atomic E-state index is 7.44. The van der Waals surface area contributed by atoms with Gasteiger partial charge in [0.1, 0.15) is 11.7 Å². The standard InChI is InChI=1S/C14H15ClN4/c1-19(14-12(15)6-3-7-18-14)9-10-4-2-5-11(8-10)13(16)17/h2-8H,9H2,1H3,(H3,16,17). The van der Waals surface area contributed by atoms with Gasteiger partial charge < -0.3 is 10.6 Å². The highest BCUT2D eigenvalue weighted by Gasteiger charge is 2.08. The van der Waals surface area contributed by atoms with Gasteiger partial charge in [0.25, 0.3) is 0 Å². The van der Waals surface area contributed by atoms with Crippen LogP contribution in [0.25, 0.3) is 0 Å². The molecule has 1 heterocycles. The number of pyridine rings is 1. The summed E-state index contributed by atoms with van der Waals surface area (Å²) in [7, 11) is 1.93. The van der Waals surface area contributed by atoms with Crippen molar-refractivity contribution in [2.24, 2.45) is 5.73 Å². The summed E-state index contributed by atoms with van der Waals surface area (Å²) >= 11 is 6.11. The summed E-state index contributed by atoms with van der Waals surface area (Å²) in [5.41, 5.74) is 7.26. The van der Waals surface area contributed by atoms with Crippen molar-refractivity contribution in [2.75, 3.05) is 11.9 Å². The average molecular weight is 275 g/mol. The Labute approximate surface area is 117 Å². The first-order valence-electron chi connectivity index (χ1n) is 5.83. The van der Waals surface area contributed by atoms with E-state index in [1.807, 2.05) is 42.3 Å². The molecule has 0 aliphatic carbocycles. The van der Waals surface area contributed by atoms with E-state index in [0.29, 0.717) is 11.6 Å². The van der Waals surface area contributed by atoms with Crippen LogP contribution in [0.1, 0.15) is 11.1 Å². The smallest absolute Gasteiger partial charge is 0.147 e. The highest BCUT2D eigenvalue weighted by atomic mass is 35.5. The zero-order chi connectivity index (χ0) is 13.8. The number of hydrogen-bond donors (Lipinski definition) is 2. The largest absolute Gasteiger partial charge is 0.384 e. The number of nitrogens with zero attached hydrogens (tertiary/aromatic N) is 2. The van der Waals surface area contributed by atoms with Gasteiger partial charge in [-0.1, -0.05) is 29.8 Å². The number of aromatic nitrogens is 1. The number of nitrogen functional groups attached to an aromatic ring is 1. The summed E-state index contributed by atoms with van der Waals surface area (Å²) in [4.78, 5) is 6.22.